The minimum Gasteiger partial charge on any atom is -0.496 e. The van der Waals surface area contributed by atoms with Crippen molar-refractivity contribution >= 4 is 11.6 Å². The van der Waals surface area contributed by atoms with Gasteiger partial charge >= 0.3 is 0 Å². The molecule has 0 amide bonds. The highest BCUT2D eigenvalue weighted by Crippen LogP contribution is 2.44. The Balaban J connectivity index is 2.48. The maximum atomic E-state index is 6.24. The molecule has 118 valence electrons. The number of nitrogens with zero attached hydrogens (tertiary/aromatic N) is 1. The van der Waals surface area contributed by atoms with Crippen LogP contribution in [0, 0.1) is 0 Å². The summed E-state index contributed by atoms with van der Waals surface area (Å²) in [4.78, 5) is 2.38. The number of rotatable bonds is 5. The average molecular weight is 311 g/mol. The number of methoxy groups -OCH3 is 1. The smallest absolute Gasteiger partial charge is 0.123 e. The minimum absolute atomic E-state index is 0.116. The van der Waals surface area contributed by atoms with E-state index in [1.165, 1.54) is 32.1 Å². The van der Waals surface area contributed by atoms with E-state index in [0.717, 1.165) is 16.3 Å². The van der Waals surface area contributed by atoms with Crippen molar-refractivity contribution < 1.29 is 4.74 Å². The van der Waals surface area contributed by atoms with E-state index >= 15 is 0 Å². The van der Waals surface area contributed by atoms with Gasteiger partial charge in [-0.05, 0) is 52.2 Å². The lowest BCUT2D eigenvalue weighted by Crippen LogP contribution is -2.54. The molecule has 1 aliphatic carbocycles. The summed E-state index contributed by atoms with van der Waals surface area (Å²) < 4.78 is 5.58. The Morgan fingerprint density at radius 1 is 1.24 bits per heavy atom. The van der Waals surface area contributed by atoms with Crippen molar-refractivity contribution in [2.45, 2.75) is 43.7 Å². The standard InChI is InChI=1S/C17H27ClN2O/c1-19-16(14-12-13(18)8-9-15(14)21-4)17(20(2)3)10-6-5-7-11-17/h8-9,12,16,19H,5-7,10-11H2,1-4H3. The van der Waals surface area contributed by atoms with E-state index in [1.54, 1.807) is 7.11 Å². The normalized spacial score (nSPS) is 19.5. The molecular weight excluding hydrogens is 284 g/mol. The zero-order valence-corrected chi connectivity index (χ0v) is 14.3. The summed E-state index contributed by atoms with van der Waals surface area (Å²) in [5.41, 5.74) is 1.27. The molecule has 1 aliphatic rings. The summed E-state index contributed by atoms with van der Waals surface area (Å²) in [6.07, 6.45) is 6.28. The van der Waals surface area contributed by atoms with Gasteiger partial charge in [-0.15, -0.1) is 0 Å². The molecule has 4 heteroatoms. The van der Waals surface area contributed by atoms with E-state index in [2.05, 4.69) is 24.3 Å². The quantitative estimate of drug-likeness (QED) is 0.893. The minimum atomic E-state index is 0.116. The average Bonchev–Trinajstić information content (AvgIpc) is 2.49. The molecule has 0 heterocycles. The van der Waals surface area contributed by atoms with Crippen molar-refractivity contribution in [2.24, 2.45) is 0 Å². The molecule has 1 atom stereocenters. The second-order valence-electron chi connectivity index (χ2n) is 6.17. The Morgan fingerprint density at radius 3 is 2.43 bits per heavy atom. The van der Waals surface area contributed by atoms with Gasteiger partial charge in [0.2, 0.25) is 0 Å². The molecule has 2 rings (SSSR count). The molecule has 0 aromatic heterocycles. The van der Waals surface area contributed by atoms with Gasteiger partial charge in [0, 0.05) is 16.1 Å². The fraction of sp³-hybridized carbons (Fsp3) is 0.647. The summed E-state index contributed by atoms with van der Waals surface area (Å²) in [5, 5.41) is 4.29. The fourth-order valence-corrected chi connectivity index (χ4v) is 3.98. The monoisotopic (exact) mass is 310 g/mol. The largest absolute Gasteiger partial charge is 0.496 e. The first-order valence-electron chi connectivity index (χ1n) is 7.73. The number of nitrogens with one attached hydrogen (secondary N) is 1. The Labute approximate surface area is 133 Å². The zero-order valence-electron chi connectivity index (χ0n) is 13.6. The fourth-order valence-electron chi connectivity index (χ4n) is 3.80. The third-order valence-corrected chi connectivity index (χ3v) is 5.17. The topological polar surface area (TPSA) is 24.5 Å². The van der Waals surface area contributed by atoms with Crippen LogP contribution < -0.4 is 10.1 Å². The van der Waals surface area contributed by atoms with Crippen LogP contribution in [0.4, 0.5) is 0 Å². The van der Waals surface area contributed by atoms with E-state index in [9.17, 15) is 0 Å². The van der Waals surface area contributed by atoms with Crippen LogP contribution in [-0.2, 0) is 0 Å². The Kier molecular flexibility index (Phi) is 5.53. The highest BCUT2D eigenvalue weighted by molar-refractivity contribution is 6.30. The van der Waals surface area contributed by atoms with E-state index < -0.39 is 0 Å². The number of likely N-dealkylation sites (N-methyl/N-ethyl adjacent to an activating group) is 2. The van der Waals surface area contributed by atoms with Crippen molar-refractivity contribution in [1.82, 2.24) is 10.2 Å². The predicted octanol–water partition coefficient (Wildman–Crippen LogP) is 3.87. The first-order valence-corrected chi connectivity index (χ1v) is 8.11. The van der Waals surface area contributed by atoms with Crippen LogP contribution >= 0.6 is 11.6 Å². The molecule has 1 N–H and O–H groups in total. The lowest BCUT2D eigenvalue weighted by Gasteiger charge is -2.49. The Morgan fingerprint density at radius 2 is 1.90 bits per heavy atom. The molecule has 21 heavy (non-hydrogen) atoms. The summed E-state index contributed by atoms with van der Waals surface area (Å²) in [7, 11) is 8.13. The van der Waals surface area contributed by atoms with Crippen molar-refractivity contribution in [3.05, 3.63) is 28.8 Å². The lowest BCUT2D eigenvalue weighted by molar-refractivity contribution is 0.0585. The van der Waals surface area contributed by atoms with Gasteiger partial charge in [-0.25, -0.2) is 0 Å². The molecule has 1 aromatic carbocycles. The van der Waals surface area contributed by atoms with E-state index in [0.29, 0.717) is 0 Å². The van der Waals surface area contributed by atoms with Crippen LogP contribution in [0.5, 0.6) is 5.75 Å². The third kappa shape index (κ3) is 3.20. The van der Waals surface area contributed by atoms with Gasteiger partial charge in [0.25, 0.3) is 0 Å². The van der Waals surface area contributed by atoms with Crippen LogP contribution in [0.2, 0.25) is 5.02 Å². The molecule has 1 fully saturated rings. The van der Waals surface area contributed by atoms with Gasteiger partial charge in [0.15, 0.2) is 0 Å². The summed E-state index contributed by atoms with van der Waals surface area (Å²) >= 11 is 6.24. The second kappa shape index (κ2) is 6.99. The molecule has 0 radical (unpaired) electrons. The maximum absolute atomic E-state index is 6.24. The van der Waals surface area contributed by atoms with Crippen LogP contribution in [0.15, 0.2) is 18.2 Å². The first-order chi connectivity index (χ1) is 10.0. The second-order valence-corrected chi connectivity index (χ2v) is 6.60. The summed E-state index contributed by atoms with van der Waals surface area (Å²) in [6, 6.07) is 6.11. The molecule has 0 bridgehead atoms. The molecule has 1 aromatic rings. The Hall–Kier alpha value is -0.770. The molecule has 0 saturated heterocycles. The summed E-state index contributed by atoms with van der Waals surface area (Å²) in [6.45, 7) is 0. The van der Waals surface area contributed by atoms with Gasteiger partial charge in [0.05, 0.1) is 13.2 Å². The molecule has 0 aliphatic heterocycles. The van der Waals surface area contributed by atoms with Crippen molar-refractivity contribution in [3.63, 3.8) is 0 Å². The van der Waals surface area contributed by atoms with E-state index in [-0.39, 0.29) is 11.6 Å². The van der Waals surface area contributed by atoms with Crippen LogP contribution in [0.25, 0.3) is 0 Å². The summed E-state index contributed by atoms with van der Waals surface area (Å²) in [5.74, 6) is 0.908. The van der Waals surface area contributed by atoms with Crippen LogP contribution in [-0.4, -0.2) is 38.7 Å². The molecular formula is C17H27ClN2O. The van der Waals surface area contributed by atoms with Gasteiger partial charge in [-0.2, -0.15) is 0 Å². The molecule has 1 saturated carbocycles. The number of hydrogen-bond acceptors (Lipinski definition) is 3. The van der Waals surface area contributed by atoms with Crippen molar-refractivity contribution in [2.75, 3.05) is 28.3 Å². The molecule has 3 nitrogen and oxygen atoms in total. The third-order valence-electron chi connectivity index (χ3n) is 4.94. The molecule has 1 unspecified atom stereocenters. The Bertz CT molecular complexity index is 470. The van der Waals surface area contributed by atoms with Crippen molar-refractivity contribution in [1.29, 1.82) is 0 Å². The lowest BCUT2D eigenvalue weighted by atomic mass is 9.73. The maximum Gasteiger partial charge on any atom is 0.123 e. The van der Waals surface area contributed by atoms with Crippen LogP contribution in [0.3, 0.4) is 0 Å². The predicted molar refractivity (Wildman–Crippen MR) is 89.3 cm³/mol. The van der Waals surface area contributed by atoms with Gasteiger partial charge in [-0.3, -0.25) is 0 Å². The SMILES string of the molecule is CNC(c1cc(Cl)ccc1OC)C1(N(C)C)CCCCC1. The van der Waals surface area contributed by atoms with Gasteiger partial charge in [-0.1, -0.05) is 30.9 Å². The first kappa shape index (κ1) is 16.6. The zero-order chi connectivity index (χ0) is 15.5. The van der Waals surface area contributed by atoms with E-state index in [1.807, 2.05) is 25.2 Å². The highest BCUT2D eigenvalue weighted by atomic mass is 35.5. The molecule has 0 spiro atoms. The van der Waals surface area contributed by atoms with Crippen molar-refractivity contribution in [3.8, 4) is 5.75 Å². The number of benzene rings is 1. The number of ether oxygens (including phenoxy) is 1. The van der Waals surface area contributed by atoms with E-state index in [4.69, 9.17) is 16.3 Å². The highest BCUT2D eigenvalue weighted by Gasteiger charge is 2.42. The van der Waals surface area contributed by atoms with Gasteiger partial charge in [0.1, 0.15) is 5.75 Å². The van der Waals surface area contributed by atoms with Gasteiger partial charge < -0.3 is 15.0 Å². The number of hydrogen-bond donors (Lipinski definition) is 1. The van der Waals surface area contributed by atoms with Crippen LogP contribution in [0.1, 0.15) is 43.7 Å². The number of halogens is 1.